The third-order valence-corrected chi connectivity index (χ3v) is 6.22. The first-order valence-electron chi connectivity index (χ1n) is 9.16. The molecule has 0 spiro atoms. The highest BCUT2D eigenvalue weighted by atomic mass is 32.2. The third kappa shape index (κ3) is 4.61. The molecular formula is C18H30N4OS. The highest BCUT2D eigenvalue weighted by molar-refractivity contribution is 7.99. The average molecular weight is 351 g/mol. The molecule has 1 aromatic heterocycles. The smallest absolute Gasteiger partial charge is 0.191 e. The molecule has 0 amide bonds. The van der Waals surface area contributed by atoms with Gasteiger partial charge in [0.15, 0.2) is 5.16 Å². The van der Waals surface area contributed by atoms with Gasteiger partial charge >= 0.3 is 0 Å². The molecule has 0 aromatic carbocycles. The van der Waals surface area contributed by atoms with Crippen molar-refractivity contribution in [2.24, 2.45) is 13.0 Å². The van der Waals surface area contributed by atoms with Gasteiger partial charge in [-0.1, -0.05) is 23.9 Å². The van der Waals surface area contributed by atoms with Crippen LogP contribution in [0, 0.1) is 5.92 Å². The predicted molar refractivity (Wildman–Crippen MR) is 98.5 cm³/mol. The van der Waals surface area contributed by atoms with E-state index in [1.54, 1.807) is 18.9 Å². The molecule has 134 valence electrons. The van der Waals surface area contributed by atoms with Gasteiger partial charge in [-0.25, -0.2) is 0 Å². The maximum absolute atomic E-state index is 5.11. The van der Waals surface area contributed by atoms with Crippen molar-refractivity contribution in [3.63, 3.8) is 0 Å². The van der Waals surface area contributed by atoms with Crippen LogP contribution in [-0.4, -0.2) is 58.8 Å². The van der Waals surface area contributed by atoms with Gasteiger partial charge in [-0.05, 0) is 51.1 Å². The Labute approximate surface area is 149 Å². The van der Waals surface area contributed by atoms with Crippen LogP contribution in [0.15, 0.2) is 17.3 Å². The van der Waals surface area contributed by atoms with E-state index in [0.717, 1.165) is 29.3 Å². The lowest BCUT2D eigenvalue weighted by atomic mass is 9.91. The standard InChI is InChI=1S/C18H30N4OS/c1-21-17(19-20-18(21)24-13-12-23-2)16-8-10-22(11-9-16)14-15-6-4-3-5-7-15/h3-4,15-16H,5-14H2,1-2H3. The van der Waals surface area contributed by atoms with Gasteiger partial charge in [-0.3, -0.25) is 0 Å². The summed E-state index contributed by atoms with van der Waals surface area (Å²) in [5.41, 5.74) is 0. The Morgan fingerprint density at radius 3 is 2.75 bits per heavy atom. The summed E-state index contributed by atoms with van der Waals surface area (Å²) in [4.78, 5) is 2.66. The van der Waals surface area contributed by atoms with E-state index in [1.165, 1.54) is 51.7 Å². The topological polar surface area (TPSA) is 43.2 Å². The van der Waals surface area contributed by atoms with E-state index in [9.17, 15) is 0 Å². The number of aromatic nitrogens is 3. The molecule has 1 atom stereocenters. The Morgan fingerprint density at radius 2 is 2.04 bits per heavy atom. The number of rotatable bonds is 7. The Morgan fingerprint density at radius 1 is 1.21 bits per heavy atom. The Hall–Kier alpha value is -0.850. The minimum Gasteiger partial charge on any atom is -0.384 e. The van der Waals surface area contributed by atoms with E-state index in [1.807, 2.05) is 0 Å². The average Bonchev–Trinajstić information content (AvgIpc) is 2.98. The van der Waals surface area contributed by atoms with Crippen molar-refractivity contribution in [1.29, 1.82) is 0 Å². The lowest BCUT2D eigenvalue weighted by Gasteiger charge is -2.34. The molecule has 2 heterocycles. The third-order valence-electron chi connectivity index (χ3n) is 5.23. The summed E-state index contributed by atoms with van der Waals surface area (Å²) in [6.45, 7) is 4.42. The molecule has 2 aliphatic rings. The molecule has 1 saturated heterocycles. The number of methoxy groups -OCH3 is 1. The Balaban J connectivity index is 1.48. The summed E-state index contributed by atoms with van der Waals surface area (Å²) in [6.07, 6.45) is 11.0. The number of hydrogen-bond acceptors (Lipinski definition) is 5. The SMILES string of the molecule is COCCSc1nnc(C2CCN(CC3CC=CCC3)CC2)n1C. The van der Waals surface area contributed by atoms with Crippen molar-refractivity contribution in [2.75, 3.05) is 39.1 Å². The predicted octanol–water partition coefficient (Wildman–Crippen LogP) is 3.09. The fourth-order valence-corrected chi connectivity index (χ4v) is 4.60. The summed E-state index contributed by atoms with van der Waals surface area (Å²) in [5.74, 6) is 3.51. The van der Waals surface area contributed by atoms with Gasteiger partial charge in [0.2, 0.25) is 0 Å². The minimum absolute atomic E-state index is 0.557. The zero-order chi connectivity index (χ0) is 16.8. The molecule has 6 heteroatoms. The van der Waals surface area contributed by atoms with Crippen LogP contribution in [0.2, 0.25) is 0 Å². The van der Waals surface area contributed by atoms with Crippen LogP contribution in [0.5, 0.6) is 0 Å². The zero-order valence-corrected chi connectivity index (χ0v) is 15.8. The van der Waals surface area contributed by atoms with E-state index >= 15 is 0 Å². The summed E-state index contributed by atoms with van der Waals surface area (Å²) in [5, 5.41) is 9.87. The normalized spacial score (nSPS) is 23.0. The van der Waals surface area contributed by atoms with Crippen LogP contribution < -0.4 is 0 Å². The molecule has 0 bridgehead atoms. The van der Waals surface area contributed by atoms with Crippen LogP contribution in [0.4, 0.5) is 0 Å². The first kappa shape index (κ1) is 18.0. The van der Waals surface area contributed by atoms with Crippen molar-refractivity contribution in [1.82, 2.24) is 19.7 Å². The zero-order valence-electron chi connectivity index (χ0n) is 15.0. The first-order valence-corrected chi connectivity index (χ1v) is 10.1. The fourth-order valence-electron chi connectivity index (χ4n) is 3.78. The molecule has 3 rings (SSSR count). The van der Waals surface area contributed by atoms with Crippen LogP contribution in [-0.2, 0) is 11.8 Å². The molecule has 1 aromatic rings. The molecular weight excluding hydrogens is 320 g/mol. The first-order chi connectivity index (χ1) is 11.8. The highest BCUT2D eigenvalue weighted by Gasteiger charge is 2.26. The van der Waals surface area contributed by atoms with Crippen LogP contribution in [0.3, 0.4) is 0 Å². The number of nitrogens with zero attached hydrogens (tertiary/aromatic N) is 4. The fraction of sp³-hybridized carbons (Fsp3) is 0.778. The second-order valence-electron chi connectivity index (χ2n) is 6.97. The van der Waals surface area contributed by atoms with Gasteiger partial charge in [0.05, 0.1) is 6.61 Å². The Kier molecular flexibility index (Phi) is 6.75. The van der Waals surface area contributed by atoms with E-state index in [2.05, 4.69) is 38.9 Å². The summed E-state index contributed by atoms with van der Waals surface area (Å²) >= 11 is 1.73. The number of hydrogen-bond donors (Lipinski definition) is 0. The lowest BCUT2D eigenvalue weighted by Crippen LogP contribution is -2.37. The van der Waals surface area contributed by atoms with E-state index in [4.69, 9.17) is 4.74 Å². The molecule has 1 unspecified atom stereocenters. The molecule has 0 saturated carbocycles. The number of allylic oxidation sites excluding steroid dienone is 2. The van der Waals surface area contributed by atoms with E-state index in [-0.39, 0.29) is 0 Å². The second kappa shape index (κ2) is 9.02. The van der Waals surface area contributed by atoms with Crippen LogP contribution >= 0.6 is 11.8 Å². The molecule has 1 fully saturated rings. The van der Waals surface area contributed by atoms with Crippen molar-refractivity contribution in [3.05, 3.63) is 18.0 Å². The minimum atomic E-state index is 0.557. The Bertz CT molecular complexity index is 537. The molecule has 5 nitrogen and oxygen atoms in total. The summed E-state index contributed by atoms with van der Waals surface area (Å²) in [6, 6.07) is 0. The monoisotopic (exact) mass is 350 g/mol. The number of likely N-dealkylation sites (tertiary alicyclic amines) is 1. The molecule has 0 radical (unpaired) electrons. The van der Waals surface area contributed by atoms with Gasteiger partial charge < -0.3 is 14.2 Å². The van der Waals surface area contributed by atoms with Crippen molar-refractivity contribution in [3.8, 4) is 0 Å². The number of ether oxygens (including phenoxy) is 1. The van der Waals surface area contributed by atoms with Gasteiger partial charge in [0, 0.05) is 32.4 Å². The van der Waals surface area contributed by atoms with E-state index < -0.39 is 0 Å². The van der Waals surface area contributed by atoms with E-state index in [0.29, 0.717) is 5.92 Å². The number of thioether (sulfide) groups is 1. The maximum Gasteiger partial charge on any atom is 0.191 e. The molecule has 1 aliphatic heterocycles. The largest absolute Gasteiger partial charge is 0.384 e. The van der Waals surface area contributed by atoms with Gasteiger partial charge in [0.1, 0.15) is 5.82 Å². The van der Waals surface area contributed by atoms with Crippen molar-refractivity contribution >= 4 is 11.8 Å². The summed E-state index contributed by atoms with van der Waals surface area (Å²) < 4.78 is 7.30. The van der Waals surface area contributed by atoms with Crippen molar-refractivity contribution in [2.45, 2.75) is 43.2 Å². The lowest BCUT2D eigenvalue weighted by molar-refractivity contribution is 0.174. The van der Waals surface area contributed by atoms with Crippen LogP contribution in [0.25, 0.3) is 0 Å². The second-order valence-corrected chi connectivity index (χ2v) is 8.03. The summed E-state index contributed by atoms with van der Waals surface area (Å²) in [7, 11) is 3.84. The molecule has 24 heavy (non-hydrogen) atoms. The molecule has 0 N–H and O–H groups in total. The van der Waals surface area contributed by atoms with Gasteiger partial charge in [-0.15, -0.1) is 10.2 Å². The van der Waals surface area contributed by atoms with Crippen LogP contribution in [0.1, 0.15) is 43.8 Å². The number of piperidine rings is 1. The maximum atomic E-state index is 5.11. The van der Waals surface area contributed by atoms with Crippen molar-refractivity contribution < 1.29 is 4.74 Å². The molecule has 1 aliphatic carbocycles. The van der Waals surface area contributed by atoms with Gasteiger partial charge in [0.25, 0.3) is 0 Å². The highest BCUT2D eigenvalue weighted by Crippen LogP contribution is 2.30. The van der Waals surface area contributed by atoms with Gasteiger partial charge in [-0.2, -0.15) is 0 Å². The quantitative estimate of drug-likeness (QED) is 0.429.